The summed E-state index contributed by atoms with van der Waals surface area (Å²) in [6, 6.07) is 9.49. The van der Waals surface area contributed by atoms with E-state index < -0.39 is 0 Å². The molecule has 0 spiro atoms. The topological polar surface area (TPSA) is 38.5 Å². The first kappa shape index (κ1) is 13.9. The molecule has 0 bridgehead atoms. The molecule has 0 aromatic heterocycles. The Bertz CT molecular complexity index is 369. The van der Waals surface area contributed by atoms with Crippen molar-refractivity contribution in [2.75, 3.05) is 32.6 Å². The summed E-state index contributed by atoms with van der Waals surface area (Å²) in [6.45, 7) is 5.44. The maximum absolute atomic E-state index is 5.98. The molecule has 0 amide bonds. The number of rotatable bonds is 4. The molecule has 1 saturated heterocycles. The Morgan fingerprint density at radius 1 is 1.44 bits per heavy atom. The predicted molar refractivity (Wildman–Crippen MR) is 77.0 cm³/mol. The van der Waals surface area contributed by atoms with Gasteiger partial charge in [0, 0.05) is 30.1 Å². The van der Waals surface area contributed by atoms with Gasteiger partial charge >= 0.3 is 0 Å². The maximum Gasteiger partial charge on any atom is 0.0620 e. The van der Waals surface area contributed by atoms with E-state index in [0.717, 1.165) is 19.8 Å². The smallest absolute Gasteiger partial charge is 0.0620 e. The van der Waals surface area contributed by atoms with Gasteiger partial charge in [0.05, 0.1) is 13.2 Å². The highest BCUT2D eigenvalue weighted by Crippen LogP contribution is 2.25. The quantitative estimate of drug-likeness (QED) is 0.847. The lowest BCUT2D eigenvalue weighted by molar-refractivity contribution is -0.0209. The van der Waals surface area contributed by atoms with E-state index >= 15 is 0 Å². The summed E-state index contributed by atoms with van der Waals surface area (Å²) in [5.74, 6) is 0. The molecule has 2 N–H and O–H groups in total. The molecule has 2 rings (SSSR count). The van der Waals surface area contributed by atoms with Crippen LogP contribution in [0.5, 0.6) is 0 Å². The van der Waals surface area contributed by atoms with Crippen LogP contribution in [0, 0.1) is 0 Å². The molecular weight excluding hydrogens is 244 g/mol. The molecule has 100 valence electrons. The Labute approximate surface area is 114 Å². The highest BCUT2D eigenvalue weighted by molar-refractivity contribution is 7.98. The molecule has 2 unspecified atom stereocenters. The van der Waals surface area contributed by atoms with Crippen molar-refractivity contribution in [2.24, 2.45) is 5.73 Å². The third-order valence-corrected chi connectivity index (χ3v) is 4.29. The summed E-state index contributed by atoms with van der Waals surface area (Å²) in [7, 11) is 0. The Balaban J connectivity index is 2.15. The average molecular weight is 266 g/mol. The summed E-state index contributed by atoms with van der Waals surface area (Å²) in [4.78, 5) is 3.75. The fourth-order valence-electron chi connectivity index (χ4n) is 2.49. The van der Waals surface area contributed by atoms with E-state index in [9.17, 15) is 0 Å². The molecule has 0 radical (unpaired) electrons. The van der Waals surface area contributed by atoms with Crippen molar-refractivity contribution in [1.29, 1.82) is 0 Å². The second kappa shape index (κ2) is 6.57. The maximum atomic E-state index is 5.98. The van der Waals surface area contributed by atoms with Crippen LogP contribution < -0.4 is 5.73 Å². The van der Waals surface area contributed by atoms with Gasteiger partial charge in [-0.3, -0.25) is 4.90 Å². The molecular formula is C14H22N2OS. The number of thioether (sulfide) groups is 1. The molecule has 2 atom stereocenters. The van der Waals surface area contributed by atoms with Gasteiger partial charge in [0.15, 0.2) is 0 Å². The van der Waals surface area contributed by atoms with Crippen LogP contribution in [-0.4, -0.2) is 43.5 Å². The van der Waals surface area contributed by atoms with Gasteiger partial charge in [0.1, 0.15) is 0 Å². The van der Waals surface area contributed by atoms with E-state index in [2.05, 4.69) is 42.3 Å². The van der Waals surface area contributed by atoms with Crippen molar-refractivity contribution in [1.82, 2.24) is 4.90 Å². The van der Waals surface area contributed by atoms with Gasteiger partial charge in [0.2, 0.25) is 0 Å². The first-order valence-electron chi connectivity index (χ1n) is 6.43. The number of ether oxygens (including phenoxy) is 1. The SMILES string of the molecule is CSc1ccc(C(CN)N2CCOCC2C)cc1. The Hall–Kier alpha value is -0.550. The second-order valence-corrected chi connectivity index (χ2v) is 5.57. The van der Waals surface area contributed by atoms with Gasteiger partial charge in [-0.1, -0.05) is 12.1 Å². The number of nitrogens with zero attached hydrogens (tertiary/aromatic N) is 1. The van der Waals surface area contributed by atoms with Crippen LogP contribution in [0.1, 0.15) is 18.5 Å². The monoisotopic (exact) mass is 266 g/mol. The Kier molecular flexibility index (Phi) is 5.06. The van der Waals surface area contributed by atoms with Crippen LogP contribution >= 0.6 is 11.8 Å². The largest absolute Gasteiger partial charge is 0.379 e. The van der Waals surface area contributed by atoms with Gasteiger partial charge in [-0.2, -0.15) is 0 Å². The molecule has 1 aromatic carbocycles. The zero-order chi connectivity index (χ0) is 13.0. The lowest BCUT2D eigenvalue weighted by atomic mass is 10.0. The number of hydrogen-bond donors (Lipinski definition) is 1. The first-order chi connectivity index (χ1) is 8.76. The van der Waals surface area contributed by atoms with Gasteiger partial charge in [-0.25, -0.2) is 0 Å². The Morgan fingerprint density at radius 3 is 2.72 bits per heavy atom. The fourth-order valence-corrected chi connectivity index (χ4v) is 2.90. The molecule has 0 aliphatic carbocycles. The fraction of sp³-hybridized carbons (Fsp3) is 0.571. The Morgan fingerprint density at radius 2 is 2.17 bits per heavy atom. The highest BCUT2D eigenvalue weighted by Gasteiger charge is 2.26. The third-order valence-electron chi connectivity index (χ3n) is 3.54. The van der Waals surface area contributed by atoms with Crippen LogP contribution in [0.25, 0.3) is 0 Å². The molecule has 1 aliphatic heterocycles. The van der Waals surface area contributed by atoms with E-state index in [4.69, 9.17) is 10.5 Å². The molecule has 4 heteroatoms. The van der Waals surface area contributed by atoms with Crippen molar-refractivity contribution in [3.8, 4) is 0 Å². The molecule has 1 heterocycles. The summed E-state index contributed by atoms with van der Waals surface area (Å²) < 4.78 is 5.49. The highest BCUT2D eigenvalue weighted by atomic mass is 32.2. The van der Waals surface area contributed by atoms with Gasteiger partial charge in [-0.05, 0) is 30.9 Å². The summed E-state index contributed by atoms with van der Waals surface area (Å²) in [5.41, 5.74) is 7.29. The van der Waals surface area contributed by atoms with E-state index in [1.807, 2.05) is 0 Å². The van der Waals surface area contributed by atoms with Crippen LogP contribution in [0.2, 0.25) is 0 Å². The molecule has 1 aliphatic rings. The number of hydrogen-bond acceptors (Lipinski definition) is 4. The van der Waals surface area contributed by atoms with Crippen molar-refractivity contribution in [3.63, 3.8) is 0 Å². The minimum absolute atomic E-state index is 0.305. The minimum atomic E-state index is 0.305. The van der Waals surface area contributed by atoms with Gasteiger partial charge in [0.25, 0.3) is 0 Å². The number of benzene rings is 1. The molecule has 3 nitrogen and oxygen atoms in total. The summed E-state index contributed by atoms with van der Waals surface area (Å²) in [6.07, 6.45) is 2.10. The zero-order valence-electron chi connectivity index (χ0n) is 11.1. The van der Waals surface area contributed by atoms with Crippen molar-refractivity contribution >= 4 is 11.8 Å². The van der Waals surface area contributed by atoms with Gasteiger partial charge in [-0.15, -0.1) is 11.8 Å². The lowest BCUT2D eigenvalue weighted by Crippen LogP contribution is -2.47. The van der Waals surface area contributed by atoms with Crippen molar-refractivity contribution < 1.29 is 4.74 Å². The van der Waals surface area contributed by atoms with Crippen LogP contribution in [0.3, 0.4) is 0 Å². The summed E-state index contributed by atoms with van der Waals surface area (Å²) in [5, 5.41) is 0. The molecule has 1 aromatic rings. The molecule has 0 saturated carbocycles. The average Bonchev–Trinajstić information content (AvgIpc) is 2.42. The zero-order valence-corrected chi connectivity index (χ0v) is 12.0. The standard InChI is InChI=1S/C14H22N2OS/c1-11-10-17-8-7-16(11)14(9-15)12-3-5-13(18-2)6-4-12/h3-6,11,14H,7-10,15H2,1-2H3. The van der Waals surface area contributed by atoms with E-state index in [1.165, 1.54) is 10.5 Å². The van der Waals surface area contributed by atoms with Crippen LogP contribution in [0.4, 0.5) is 0 Å². The van der Waals surface area contributed by atoms with Crippen LogP contribution in [0.15, 0.2) is 29.2 Å². The van der Waals surface area contributed by atoms with E-state index in [0.29, 0.717) is 18.6 Å². The normalized spacial score (nSPS) is 22.9. The van der Waals surface area contributed by atoms with E-state index in [-0.39, 0.29) is 0 Å². The summed E-state index contributed by atoms with van der Waals surface area (Å²) >= 11 is 1.77. The second-order valence-electron chi connectivity index (χ2n) is 4.69. The predicted octanol–water partition coefficient (Wildman–Crippen LogP) is 2.13. The number of nitrogens with two attached hydrogens (primary N) is 1. The molecule has 18 heavy (non-hydrogen) atoms. The molecule has 1 fully saturated rings. The lowest BCUT2D eigenvalue weighted by Gasteiger charge is -2.39. The van der Waals surface area contributed by atoms with Crippen molar-refractivity contribution in [3.05, 3.63) is 29.8 Å². The third kappa shape index (κ3) is 3.06. The minimum Gasteiger partial charge on any atom is -0.379 e. The van der Waals surface area contributed by atoms with Crippen LogP contribution in [-0.2, 0) is 4.74 Å². The van der Waals surface area contributed by atoms with Crippen molar-refractivity contribution in [2.45, 2.75) is 23.9 Å². The number of morpholine rings is 1. The van der Waals surface area contributed by atoms with E-state index in [1.54, 1.807) is 11.8 Å². The van der Waals surface area contributed by atoms with Gasteiger partial charge < -0.3 is 10.5 Å². The first-order valence-corrected chi connectivity index (χ1v) is 7.66.